The Morgan fingerprint density at radius 3 is 2.33 bits per heavy atom. The van der Waals surface area contributed by atoms with Crippen LogP contribution in [0, 0.1) is 12.8 Å². The number of ether oxygens (including phenoxy) is 3. The van der Waals surface area contributed by atoms with E-state index in [-0.39, 0.29) is 19.1 Å². The van der Waals surface area contributed by atoms with E-state index in [0.29, 0.717) is 0 Å². The number of halogens is 1. The molecule has 0 saturated heterocycles. The van der Waals surface area contributed by atoms with Crippen LogP contribution in [0.5, 0.6) is 0 Å². The van der Waals surface area contributed by atoms with E-state index in [0.717, 1.165) is 0 Å². The number of alkyl halides is 1. The largest absolute Gasteiger partial charge is 0.509 e. The van der Waals surface area contributed by atoms with Gasteiger partial charge in [-0.1, -0.05) is 11.6 Å². The highest BCUT2D eigenvalue weighted by Crippen LogP contribution is 2.02. The molecule has 0 aliphatic rings. The average Bonchev–Trinajstić information content (AvgIpc) is 2.10. The second-order valence-electron chi connectivity index (χ2n) is 2.89. The summed E-state index contributed by atoms with van der Waals surface area (Å²) >= 11 is 5.38. The zero-order chi connectivity index (χ0) is 11.8. The molecule has 5 nitrogen and oxygen atoms in total. The lowest BCUT2D eigenvalue weighted by molar-refractivity contribution is -0.142. The second-order valence-corrected chi connectivity index (χ2v) is 3.51. The molecule has 15 heavy (non-hydrogen) atoms. The molecular weight excluding hydrogens is 224 g/mol. The van der Waals surface area contributed by atoms with Crippen molar-refractivity contribution in [1.29, 1.82) is 0 Å². The van der Waals surface area contributed by atoms with Gasteiger partial charge in [0.25, 0.3) is 0 Å². The van der Waals surface area contributed by atoms with E-state index in [1.807, 2.05) is 0 Å². The summed E-state index contributed by atoms with van der Waals surface area (Å²) in [6.07, 6.45) is -0.867. The summed E-state index contributed by atoms with van der Waals surface area (Å²) in [7, 11) is 0. The van der Waals surface area contributed by atoms with E-state index in [9.17, 15) is 9.59 Å². The normalized spacial score (nSPS) is 13.9. The molecule has 0 heterocycles. The van der Waals surface area contributed by atoms with E-state index in [1.54, 1.807) is 0 Å². The Balaban J connectivity index is 3.57. The maximum atomic E-state index is 10.8. The van der Waals surface area contributed by atoms with Crippen LogP contribution < -0.4 is 0 Å². The van der Waals surface area contributed by atoms with Crippen LogP contribution in [0.1, 0.15) is 13.8 Å². The predicted molar refractivity (Wildman–Crippen MR) is 53.2 cm³/mol. The Morgan fingerprint density at radius 2 is 1.87 bits per heavy atom. The van der Waals surface area contributed by atoms with Gasteiger partial charge in [-0.15, -0.1) is 0 Å². The van der Waals surface area contributed by atoms with Crippen molar-refractivity contribution in [3.63, 3.8) is 0 Å². The summed E-state index contributed by atoms with van der Waals surface area (Å²) in [5, 5.41) is 0. The Kier molecular flexibility index (Phi) is 6.86. The number of carbonyl (C=O) groups is 2. The van der Waals surface area contributed by atoms with Crippen LogP contribution >= 0.6 is 11.6 Å². The Bertz CT molecular complexity index is 217. The van der Waals surface area contributed by atoms with E-state index in [1.165, 1.54) is 13.8 Å². The topological polar surface area (TPSA) is 61.8 Å². The molecule has 0 fully saturated rings. The van der Waals surface area contributed by atoms with Crippen LogP contribution in [0.3, 0.4) is 0 Å². The Morgan fingerprint density at radius 1 is 1.33 bits per heavy atom. The van der Waals surface area contributed by atoms with Crippen molar-refractivity contribution in [3.8, 4) is 0 Å². The van der Waals surface area contributed by atoms with E-state index < -0.39 is 17.7 Å². The molecule has 0 aromatic carbocycles. The third kappa shape index (κ3) is 9.34. The Hall–Kier alpha value is -0.970. The van der Waals surface area contributed by atoms with Gasteiger partial charge in [0.1, 0.15) is 6.61 Å². The van der Waals surface area contributed by atoms with Crippen LogP contribution in [-0.2, 0) is 19.0 Å². The molecule has 0 aromatic heterocycles. The predicted octanol–water partition coefficient (Wildman–Crippen LogP) is 1.74. The monoisotopic (exact) mass is 237 g/mol. The third-order valence-electron chi connectivity index (χ3n) is 1.22. The van der Waals surface area contributed by atoms with Gasteiger partial charge in [0.05, 0.1) is 6.61 Å². The lowest BCUT2D eigenvalue weighted by Gasteiger charge is -2.12. The molecule has 87 valence electrons. The standard InChI is InChI=1S/C9H14ClO5/c1-6(4-13-8(3)11)5-14-9(12)15-7(2)10/h6-7H,1,4-5H2,2-3H3. The van der Waals surface area contributed by atoms with E-state index in [2.05, 4.69) is 21.1 Å². The summed E-state index contributed by atoms with van der Waals surface area (Å²) in [6, 6.07) is 0. The maximum Gasteiger partial charge on any atom is 0.509 e. The molecule has 0 bridgehead atoms. The lowest BCUT2D eigenvalue weighted by atomic mass is 10.2. The summed E-state index contributed by atoms with van der Waals surface area (Å²) in [6.45, 7) is 6.50. The molecule has 0 aromatic rings. The molecule has 0 rings (SSSR count). The van der Waals surface area contributed by atoms with Gasteiger partial charge in [-0.05, 0) is 13.8 Å². The molecule has 6 heteroatoms. The first kappa shape index (κ1) is 14.0. The van der Waals surface area contributed by atoms with Gasteiger partial charge in [0, 0.05) is 12.8 Å². The molecule has 0 saturated carbocycles. The molecule has 0 N–H and O–H groups in total. The van der Waals surface area contributed by atoms with E-state index in [4.69, 9.17) is 11.6 Å². The minimum absolute atomic E-state index is 0.00965. The van der Waals surface area contributed by atoms with Crippen LogP contribution in [0.15, 0.2) is 0 Å². The zero-order valence-corrected chi connectivity index (χ0v) is 9.45. The van der Waals surface area contributed by atoms with Gasteiger partial charge < -0.3 is 14.2 Å². The minimum atomic E-state index is -0.867. The van der Waals surface area contributed by atoms with Crippen LogP contribution in [0.4, 0.5) is 4.79 Å². The van der Waals surface area contributed by atoms with Crippen LogP contribution in [0.25, 0.3) is 0 Å². The lowest BCUT2D eigenvalue weighted by Crippen LogP contribution is -2.19. The fourth-order valence-corrected chi connectivity index (χ4v) is 0.709. The third-order valence-corrected chi connectivity index (χ3v) is 1.31. The van der Waals surface area contributed by atoms with Crippen molar-refractivity contribution in [2.45, 2.75) is 19.4 Å². The van der Waals surface area contributed by atoms with Crippen molar-refractivity contribution in [2.24, 2.45) is 5.92 Å². The summed E-state index contributed by atoms with van der Waals surface area (Å²) in [5.41, 5.74) is -0.741. The van der Waals surface area contributed by atoms with Gasteiger partial charge in [-0.2, -0.15) is 0 Å². The molecule has 0 aliphatic carbocycles. The van der Waals surface area contributed by atoms with Crippen molar-refractivity contribution >= 4 is 23.7 Å². The highest BCUT2D eigenvalue weighted by Gasteiger charge is 2.11. The first-order valence-corrected chi connectivity index (χ1v) is 4.79. The SMILES string of the molecule is [CH2]C(COC(C)=O)COC(=O)OC(C)Cl. The van der Waals surface area contributed by atoms with Crippen LogP contribution in [-0.4, -0.2) is 30.9 Å². The number of carbonyl (C=O) groups excluding carboxylic acids is 2. The fraction of sp³-hybridized carbons (Fsp3) is 0.667. The molecule has 0 aliphatic heterocycles. The Labute approximate surface area is 93.6 Å². The fourth-order valence-electron chi connectivity index (χ4n) is 0.636. The summed E-state index contributed by atoms with van der Waals surface area (Å²) in [4.78, 5) is 21.3. The van der Waals surface area contributed by atoms with E-state index >= 15 is 0 Å². The van der Waals surface area contributed by atoms with Crippen molar-refractivity contribution in [3.05, 3.63) is 6.92 Å². The average molecular weight is 238 g/mol. The van der Waals surface area contributed by atoms with Gasteiger partial charge in [-0.3, -0.25) is 4.79 Å². The molecule has 0 amide bonds. The molecule has 2 atom stereocenters. The molecule has 0 spiro atoms. The highest BCUT2D eigenvalue weighted by atomic mass is 35.5. The quantitative estimate of drug-likeness (QED) is 0.538. The number of esters is 1. The molecule has 1 radical (unpaired) electrons. The first-order chi connectivity index (χ1) is 6.91. The maximum absolute atomic E-state index is 10.8. The first-order valence-electron chi connectivity index (χ1n) is 4.35. The molecule has 2 unspecified atom stereocenters. The zero-order valence-electron chi connectivity index (χ0n) is 8.70. The van der Waals surface area contributed by atoms with Crippen molar-refractivity contribution in [2.75, 3.05) is 13.2 Å². The summed E-state index contributed by atoms with van der Waals surface area (Å²) in [5.74, 6) is -0.729. The number of hydrogen-bond acceptors (Lipinski definition) is 5. The summed E-state index contributed by atoms with van der Waals surface area (Å²) < 4.78 is 13.8. The van der Waals surface area contributed by atoms with Crippen molar-refractivity contribution in [1.82, 2.24) is 0 Å². The molecular formula is C9H14ClO5. The van der Waals surface area contributed by atoms with Gasteiger partial charge in [-0.25, -0.2) is 4.79 Å². The number of rotatable bonds is 5. The number of hydrogen-bond donors (Lipinski definition) is 0. The van der Waals surface area contributed by atoms with Gasteiger partial charge in [0.15, 0.2) is 5.56 Å². The smallest absolute Gasteiger partial charge is 0.465 e. The van der Waals surface area contributed by atoms with Crippen molar-refractivity contribution < 1.29 is 23.8 Å². The van der Waals surface area contributed by atoms with Gasteiger partial charge >= 0.3 is 12.1 Å². The second kappa shape index (κ2) is 7.34. The van der Waals surface area contributed by atoms with Gasteiger partial charge in [0.2, 0.25) is 0 Å². The minimum Gasteiger partial charge on any atom is -0.465 e. The highest BCUT2D eigenvalue weighted by molar-refractivity contribution is 6.19. The van der Waals surface area contributed by atoms with Crippen LogP contribution in [0.2, 0.25) is 0 Å².